The Morgan fingerprint density at radius 1 is 1.20 bits per heavy atom. The monoisotopic (exact) mass is 523 g/mol. The lowest BCUT2D eigenvalue weighted by Gasteiger charge is -2.34. The molecule has 0 saturated heterocycles. The number of benzene rings is 2. The van der Waals surface area contributed by atoms with Crippen molar-refractivity contribution in [2.24, 2.45) is 5.41 Å². The minimum atomic E-state index is -1.01. The zero-order valence-electron chi connectivity index (χ0n) is 17.2. The number of nitrogens with one attached hydrogen (secondary N) is 1. The molecule has 0 unspecified atom stereocenters. The van der Waals surface area contributed by atoms with Crippen LogP contribution in [-0.4, -0.2) is 22.3 Å². The topological polar surface area (TPSA) is 95.9 Å². The van der Waals surface area contributed by atoms with Crippen LogP contribution in [0.2, 0.25) is 0 Å². The van der Waals surface area contributed by atoms with Crippen LogP contribution in [0.3, 0.4) is 0 Å². The quantitative estimate of drug-likeness (QED) is 0.290. The van der Waals surface area contributed by atoms with Gasteiger partial charge in [-0.2, -0.15) is 0 Å². The van der Waals surface area contributed by atoms with Crippen molar-refractivity contribution in [1.82, 2.24) is 0 Å². The number of amides is 1. The first-order valence-corrected chi connectivity index (χ1v) is 10.6. The Bertz CT molecular complexity index is 922. The van der Waals surface area contributed by atoms with Crippen molar-refractivity contribution in [3.63, 3.8) is 0 Å². The lowest BCUT2D eigenvalue weighted by Crippen LogP contribution is -2.29. The molecule has 7 heteroatoms. The van der Waals surface area contributed by atoms with Gasteiger partial charge in [0.1, 0.15) is 11.9 Å². The van der Waals surface area contributed by atoms with E-state index in [1.54, 1.807) is 36.4 Å². The molecule has 0 fully saturated rings. The van der Waals surface area contributed by atoms with Gasteiger partial charge in [0, 0.05) is 26.3 Å². The van der Waals surface area contributed by atoms with Crippen LogP contribution in [0.1, 0.15) is 43.9 Å². The van der Waals surface area contributed by atoms with Crippen LogP contribution in [0.25, 0.3) is 0 Å². The summed E-state index contributed by atoms with van der Waals surface area (Å²) in [4.78, 5) is 23.3. The highest BCUT2D eigenvalue weighted by molar-refractivity contribution is 14.1. The molecule has 2 rings (SSSR count). The lowest BCUT2D eigenvalue weighted by molar-refractivity contribution is -0.131. The van der Waals surface area contributed by atoms with Crippen LogP contribution >= 0.6 is 22.6 Å². The van der Waals surface area contributed by atoms with Crippen molar-refractivity contribution in [2.75, 3.05) is 5.32 Å². The SMILES string of the molecule is Cc1ccc(NC(=O)O[C@H](c2cc(I)ccc2O)C(C)(C)CC/C=C/C(=O)O)cc1. The van der Waals surface area contributed by atoms with Crippen molar-refractivity contribution >= 4 is 40.3 Å². The van der Waals surface area contributed by atoms with E-state index in [1.807, 2.05) is 32.9 Å². The van der Waals surface area contributed by atoms with Crippen LogP contribution in [0.15, 0.2) is 54.6 Å². The molecule has 0 spiro atoms. The number of aromatic hydroxyl groups is 1. The summed E-state index contributed by atoms with van der Waals surface area (Å²) in [6, 6.07) is 12.5. The Balaban J connectivity index is 2.26. The van der Waals surface area contributed by atoms with Gasteiger partial charge in [-0.25, -0.2) is 9.59 Å². The minimum Gasteiger partial charge on any atom is -0.508 e. The van der Waals surface area contributed by atoms with Crippen LogP contribution in [0.4, 0.5) is 10.5 Å². The molecular formula is C23H26INO5. The van der Waals surface area contributed by atoms with E-state index >= 15 is 0 Å². The molecular weight excluding hydrogens is 497 g/mol. The number of phenols is 1. The van der Waals surface area contributed by atoms with Gasteiger partial charge < -0.3 is 14.9 Å². The van der Waals surface area contributed by atoms with Crippen LogP contribution in [-0.2, 0) is 9.53 Å². The van der Waals surface area contributed by atoms with Gasteiger partial charge in [-0.15, -0.1) is 0 Å². The van der Waals surface area contributed by atoms with Crippen molar-refractivity contribution in [3.8, 4) is 5.75 Å². The van der Waals surface area contributed by atoms with E-state index in [2.05, 4.69) is 27.9 Å². The lowest BCUT2D eigenvalue weighted by atomic mass is 9.78. The fourth-order valence-corrected chi connectivity index (χ4v) is 3.56. The van der Waals surface area contributed by atoms with E-state index in [4.69, 9.17) is 9.84 Å². The van der Waals surface area contributed by atoms with E-state index in [-0.39, 0.29) is 5.75 Å². The molecule has 0 aliphatic rings. The van der Waals surface area contributed by atoms with Gasteiger partial charge in [-0.1, -0.05) is 37.6 Å². The summed E-state index contributed by atoms with van der Waals surface area (Å²) in [6.07, 6.45) is 2.33. The number of anilines is 1. The number of aryl methyl sites for hydroxylation is 1. The molecule has 0 aliphatic heterocycles. The van der Waals surface area contributed by atoms with Crippen molar-refractivity contribution in [3.05, 3.63) is 69.3 Å². The van der Waals surface area contributed by atoms with Crippen molar-refractivity contribution < 1.29 is 24.5 Å². The highest BCUT2D eigenvalue weighted by Crippen LogP contribution is 2.44. The molecule has 3 N–H and O–H groups in total. The maximum Gasteiger partial charge on any atom is 0.412 e. The number of halogens is 1. The highest BCUT2D eigenvalue weighted by atomic mass is 127. The van der Waals surface area contributed by atoms with Crippen molar-refractivity contribution in [2.45, 2.75) is 39.7 Å². The normalized spacial score (nSPS) is 12.5. The zero-order valence-corrected chi connectivity index (χ0v) is 19.3. The Hall–Kier alpha value is -2.55. The smallest absolute Gasteiger partial charge is 0.412 e. The van der Waals surface area contributed by atoms with E-state index in [0.717, 1.165) is 15.2 Å². The molecule has 160 valence electrons. The molecule has 0 aromatic heterocycles. The second-order valence-electron chi connectivity index (χ2n) is 7.75. The van der Waals surface area contributed by atoms with Gasteiger partial charge in [-0.05, 0) is 72.7 Å². The molecule has 0 saturated carbocycles. The number of hydrogen-bond donors (Lipinski definition) is 3. The summed E-state index contributed by atoms with van der Waals surface area (Å²) in [6.45, 7) is 5.80. The zero-order chi connectivity index (χ0) is 22.3. The standard InChI is InChI=1S/C23H26INO5/c1-15-7-10-17(11-8-15)25-22(29)30-21(18-14-16(24)9-12-19(18)26)23(2,3)13-5-4-6-20(27)28/h4,6-12,14,21,26H,5,13H2,1-3H3,(H,25,29)(H,27,28)/b6-4+/t21-/m1/s1. The third kappa shape index (κ3) is 7.05. The molecule has 1 amide bonds. The van der Waals surface area contributed by atoms with Gasteiger partial charge in [-0.3, -0.25) is 5.32 Å². The fourth-order valence-electron chi connectivity index (χ4n) is 3.04. The first-order chi connectivity index (χ1) is 14.1. The van der Waals surface area contributed by atoms with E-state index in [0.29, 0.717) is 24.1 Å². The molecule has 0 heterocycles. The molecule has 30 heavy (non-hydrogen) atoms. The first-order valence-electron chi connectivity index (χ1n) is 9.50. The maximum absolute atomic E-state index is 12.6. The number of ether oxygens (including phenoxy) is 1. The minimum absolute atomic E-state index is 0.0395. The van der Waals surface area contributed by atoms with Crippen LogP contribution in [0, 0.1) is 15.9 Å². The summed E-state index contributed by atoms with van der Waals surface area (Å²) in [5.41, 5.74) is 1.62. The summed E-state index contributed by atoms with van der Waals surface area (Å²) in [5, 5.41) is 21.9. The average Bonchev–Trinajstić information content (AvgIpc) is 2.67. The Morgan fingerprint density at radius 3 is 2.50 bits per heavy atom. The number of phenolic OH excluding ortho intramolecular Hbond substituents is 1. The molecule has 0 aliphatic carbocycles. The summed E-state index contributed by atoms with van der Waals surface area (Å²) < 4.78 is 6.69. The number of rotatable bonds is 8. The van der Waals surface area contributed by atoms with Crippen molar-refractivity contribution in [1.29, 1.82) is 0 Å². The number of carbonyl (C=O) groups excluding carboxylic acids is 1. The Labute approximate surface area is 190 Å². The molecule has 1 atom stereocenters. The van der Waals surface area contributed by atoms with Gasteiger partial charge in [0.2, 0.25) is 0 Å². The predicted molar refractivity (Wildman–Crippen MR) is 125 cm³/mol. The molecule has 2 aromatic rings. The second kappa shape index (κ2) is 10.5. The number of aliphatic carboxylic acids is 1. The average molecular weight is 523 g/mol. The largest absolute Gasteiger partial charge is 0.508 e. The number of hydrogen-bond acceptors (Lipinski definition) is 4. The van der Waals surface area contributed by atoms with E-state index in [9.17, 15) is 14.7 Å². The van der Waals surface area contributed by atoms with E-state index in [1.165, 1.54) is 0 Å². The Kier molecular flexibility index (Phi) is 8.28. The van der Waals surface area contributed by atoms with Gasteiger partial charge in [0.15, 0.2) is 0 Å². The molecule has 0 bridgehead atoms. The van der Waals surface area contributed by atoms with E-state index < -0.39 is 23.6 Å². The number of carbonyl (C=O) groups is 2. The van der Waals surface area contributed by atoms with Crippen LogP contribution < -0.4 is 5.32 Å². The summed E-state index contributed by atoms with van der Waals surface area (Å²) >= 11 is 2.14. The number of carboxylic acid groups (broad SMARTS) is 1. The molecule has 2 aromatic carbocycles. The maximum atomic E-state index is 12.6. The predicted octanol–water partition coefficient (Wildman–Crippen LogP) is 6.04. The second-order valence-corrected chi connectivity index (χ2v) is 8.99. The highest BCUT2D eigenvalue weighted by Gasteiger charge is 2.35. The molecule has 0 radical (unpaired) electrons. The van der Waals surface area contributed by atoms with Gasteiger partial charge in [0.05, 0.1) is 0 Å². The number of carboxylic acids is 1. The summed E-state index contributed by atoms with van der Waals surface area (Å²) in [5.74, 6) is -0.967. The Morgan fingerprint density at radius 2 is 1.87 bits per heavy atom. The van der Waals surface area contributed by atoms with Gasteiger partial charge >= 0.3 is 12.1 Å². The third-order valence-corrected chi connectivity index (χ3v) is 5.39. The summed E-state index contributed by atoms with van der Waals surface area (Å²) in [7, 11) is 0. The number of allylic oxidation sites excluding steroid dienone is 1. The third-order valence-electron chi connectivity index (χ3n) is 4.72. The van der Waals surface area contributed by atoms with Gasteiger partial charge in [0.25, 0.3) is 0 Å². The fraction of sp³-hybridized carbons (Fsp3) is 0.304. The first kappa shape index (κ1) is 23.7. The van der Waals surface area contributed by atoms with Crippen LogP contribution in [0.5, 0.6) is 5.75 Å². The molecule has 6 nitrogen and oxygen atoms in total.